The Labute approximate surface area is 191 Å². The molecule has 33 heavy (non-hydrogen) atoms. The number of hydrogen-bond acceptors (Lipinski definition) is 6. The molecule has 1 heterocycles. The van der Waals surface area contributed by atoms with Crippen molar-refractivity contribution < 1.29 is 13.2 Å². The van der Waals surface area contributed by atoms with Gasteiger partial charge in [-0.25, -0.2) is 13.1 Å². The van der Waals surface area contributed by atoms with Gasteiger partial charge in [-0.2, -0.15) is 5.26 Å². The number of para-hydroxylation sites is 1. The standard InChI is InChI=1S/C24H19N5O3S/c1-18(30)19-11-13-22(14-12-19)29(33(31,32)23-8-3-2-4-9-23)17-21-16-28(27-26-21)24-10-6-5-7-20(24)15-25/h2-14,16H,17H2,1H3. The van der Waals surface area contributed by atoms with Gasteiger partial charge in [0.1, 0.15) is 11.8 Å². The van der Waals surface area contributed by atoms with E-state index >= 15 is 0 Å². The first-order valence-electron chi connectivity index (χ1n) is 9.99. The van der Waals surface area contributed by atoms with Gasteiger partial charge in [0.05, 0.1) is 34.6 Å². The van der Waals surface area contributed by atoms with E-state index in [1.807, 2.05) is 0 Å². The molecule has 0 saturated heterocycles. The molecule has 0 amide bonds. The zero-order valence-corrected chi connectivity index (χ0v) is 18.5. The van der Waals surface area contributed by atoms with E-state index in [2.05, 4.69) is 16.4 Å². The van der Waals surface area contributed by atoms with E-state index in [4.69, 9.17) is 0 Å². The number of nitriles is 1. The molecule has 0 atom stereocenters. The number of hydrogen-bond donors (Lipinski definition) is 0. The molecule has 9 heteroatoms. The number of rotatable bonds is 7. The van der Waals surface area contributed by atoms with Crippen LogP contribution >= 0.6 is 0 Å². The molecule has 4 rings (SSSR count). The van der Waals surface area contributed by atoms with E-state index < -0.39 is 10.0 Å². The van der Waals surface area contributed by atoms with Gasteiger partial charge in [-0.1, -0.05) is 35.5 Å². The van der Waals surface area contributed by atoms with Crippen molar-refractivity contribution in [1.82, 2.24) is 15.0 Å². The maximum Gasteiger partial charge on any atom is 0.264 e. The Morgan fingerprint density at radius 2 is 1.67 bits per heavy atom. The molecule has 3 aromatic carbocycles. The van der Waals surface area contributed by atoms with E-state index in [-0.39, 0.29) is 17.2 Å². The van der Waals surface area contributed by atoms with Gasteiger partial charge in [0.15, 0.2) is 5.78 Å². The summed E-state index contributed by atoms with van der Waals surface area (Å²) in [4.78, 5) is 11.8. The highest BCUT2D eigenvalue weighted by Crippen LogP contribution is 2.26. The van der Waals surface area contributed by atoms with Crippen LogP contribution in [0.5, 0.6) is 0 Å². The molecule has 0 unspecified atom stereocenters. The molecule has 0 spiro atoms. The Bertz CT molecular complexity index is 1440. The maximum atomic E-state index is 13.5. The van der Waals surface area contributed by atoms with E-state index in [1.54, 1.807) is 72.9 Å². The summed E-state index contributed by atoms with van der Waals surface area (Å²) in [5.74, 6) is -0.113. The lowest BCUT2D eigenvalue weighted by Gasteiger charge is -2.23. The number of aromatic nitrogens is 3. The number of anilines is 1. The number of sulfonamides is 1. The van der Waals surface area contributed by atoms with Crippen LogP contribution in [0.2, 0.25) is 0 Å². The van der Waals surface area contributed by atoms with Crippen molar-refractivity contribution >= 4 is 21.5 Å². The van der Waals surface area contributed by atoms with Crippen LogP contribution in [0.3, 0.4) is 0 Å². The molecular weight excluding hydrogens is 438 g/mol. The van der Waals surface area contributed by atoms with Crippen molar-refractivity contribution in [1.29, 1.82) is 5.26 Å². The van der Waals surface area contributed by atoms with Crippen molar-refractivity contribution in [3.05, 3.63) is 102 Å². The molecule has 4 aromatic rings. The number of carbonyl (C=O) groups excluding carboxylic acids is 1. The molecular formula is C24H19N5O3S. The molecule has 0 fully saturated rings. The predicted molar refractivity (Wildman–Crippen MR) is 122 cm³/mol. The smallest absolute Gasteiger partial charge is 0.264 e. The third kappa shape index (κ3) is 4.51. The lowest BCUT2D eigenvalue weighted by Crippen LogP contribution is -2.30. The van der Waals surface area contributed by atoms with Crippen molar-refractivity contribution in [2.75, 3.05) is 4.31 Å². The minimum Gasteiger partial charge on any atom is -0.295 e. The molecule has 0 aliphatic heterocycles. The van der Waals surface area contributed by atoms with E-state index in [9.17, 15) is 18.5 Å². The van der Waals surface area contributed by atoms with Crippen LogP contribution in [0.15, 0.2) is 90.0 Å². The highest BCUT2D eigenvalue weighted by atomic mass is 32.2. The second-order valence-electron chi connectivity index (χ2n) is 7.21. The molecule has 0 aliphatic rings. The third-order valence-electron chi connectivity index (χ3n) is 5.01. The van der Waals surface area contributed by atoms with Gasteiger partial charge < -0.3 is 0 Å². The van der Waals surface area contributed by atoms with Gasteiger partial charge in [0.25, 0.3) is 10.0 Å². The fourth-order valence-corrected chi connectivity index (χ4v) is 4.76. The van der Waals surface area contributed by atoms with Gasteiger partial charge in [0.2, 0.25) is 0 Å². The van der Waals surface area contributed by atoms with Crippen molar-refractivity contribution in [3.8, 4) is 11.8 Å². The fourth-order valence-electron chi connectivity index (χ4n) is 3.30. The normalized spacial score (nSPS) is 11.0. The summed E-state index contributed by atoms with van der Waals surface area (Å²) in [6, 6.07) is 23.5. The fraction of sp³-hybridized carbons (Fsp3) is 0.0833. The first-order chi connectivity index (χ1) is 15.9. The summed E-state index contributed by atoms with van der Waals surface area (Å²) >= 11 is 0. The van der Waals surface area contributed by atoms with Crippen LogP contribution in [0.4, 0.5) is 5.69 Å². The summed E-state index contributed by atoms with van der Waals surface area (Å²) in [6.07, 6.45) is 1.59. The predicted octanol–water partition coefficient (Wildman–Crippen LogP) is 3.74. The molecule has 0 radical (unpaired) electrons. The number of ketones is 1. The number of benzene rings is 3. The highest BCUT2D eigenvalue weighted by Gasteiger charge is 2.26. The second kappa shape index (κ2) is 9.06. The zero-order chi connectivity index (χ0) is 23.4. The van der Waals surface area contributed by atoms with E-state index in [0.717, 1.165) is 0 Å². The minimum atomic E-state index is -3.93. The lowest BCUT2D eigenvalue weighted by atomic mass is 10.1. The summed E-state index contributed by atoms with van der Waals surface area (Å²) in [5, 5.41) is 17.6. The average Bonchev–Trinajstić information content (AvgIpc) is 3.31. The van der Waals surface area contributed by atoms with Gasteiger partial charge in [-0.05, 0) is 55.5 Å². The van der Waals surface area contributed by atoms with Gasteiger partial charge in [-0.3, -0.25) is 9.10 Å². The van der Waals surface area contributed by atoms with E-state index in [0.29, 0.717) is 28.2 Å². The molecule has 0 N–H and O–H groups in total. The summed E-state index contributed by atoms with van der Waals surface area (Å²) in [5.41, 5.74) is 2.22. The van der Waals surface area contributed by atoms with Gasteiger partial charge >= 0.3 is 0 Å². The average molecular weight is 458 g/mol. The zero-order valence-electron chi connectivity index (χ0n) is 17.7. The van der Waals surface area contributed by atoms with Crippen LogP contribution in [0, 0.1) is 11.3 Å². The highest BCUT2D eigenvalue weighted by molar-refractivity contribution is 7.92. The minimum absolute atomic E-state index is 0.0919. The maximum absolute atomic E-state index is 13.5. The Morgan fingerprint density at radius 3 is 2.33 bits per heavy atom. The van der Waals surface area contributed by atoms with Gasteiger partial charge in [-0.15, -0.1) is 5.10 Å². The van der Waals surface area contributed by atoms with Crippen LogP contribution in [0.25, 0.3) is 5.69 Å². The third-order valence-corrected chi connectivity index (χ3v) is 6.80. The van der Waals surface area contributed by atoms with Crippen molar-refractivity contribution in [3.63, 3.8) is 0 Å². The second-order valence-corrected chi connectivity index (χ2v) is 9.07. The number of carbonyl (C=O) groups is 1. The summed E-state index contributed by atoms with van der Waals surface area (Å²) < 4.78 is 29.7. The van der Waals surface area contributed by atoms with E-state index in [1.165, 1.54) is 28.0 Å². The number of Topliss-reactive ketones (excluding diaryl/α,β-unsaturated/α-hetero) is 1. The van der Waals surface area contributed by atoms with Gasteiger partial charge in [0, 0.05) is 5.56 Å². The molecule has 0 bridgehead atoms. The number of nitrogens with zero attached hydrogens (tertiary/aromatic N) is 5. The molecule has 0 aliphatic carbocycles. The molecule has 164 valence electrons. The lowest BCUT2D eigenvalue weighted by molar-refractivity contribution is 0.101. The SMILES string of the molecule is CC(=O)c1ccc(N(Cc2cn(-c3ccccc3C#N)nn2)S(=O)(=O)c2ccccc2)cc1. The van der Waals surface area contributed by atoms with Crippen molar-refractivity contribution in [2.45, 2.75) is 18.4 Å². The monoisotopic (exact) mass is 457 g/mol. The quantitative estimate of drug-likeness (QED) is 0.391. The Kier molecular flexibility index (Phi) is 6.02. The van der Waals surface area contributed by atoms with Crippen LogP contribution in [0.1, 0.15) is 28.5 Å². The Morgan fingerprint density at radius 1 is 1.00 bits per heavy atom. The topological polar surface area (TPSA) is 109 Å². The summed E-state index contributed by atoms with van der Waals surface area (Å²) in [6.45, 7) is 1.36. The first kappa shape index (κ1) is 21.9. The molecule has 1 aromatic heterocycles. The van der Waals surface area contributed by atoms with Crippen molar-refractivity contribution in [2.24, 2.45) is 0 Å². The Balaban J connectivity index is 1.74. The Hall–Kier alpha value is -4.29. The van der Waals surface area contributed by atoms with Crippen LogP contribution < -0.4 is 4.31 Å². The summed E-state index contributed by atoms with van der Waals surface area (Å²) in [7, 11) is -3.93. The van der Waals surface area contributed by atoms with Crippen LogP contribution in [-0.2, 0) is 16.6 Å². The van der Waals surface area contributed by atoms with Crippen LogP contribution in [-0.4, -0.2) is 29.2 Å². The first-order valence-corrected chi connectivity index (χ1v) is 11.4. The molecule has 0 saturated carbocycles. The largest absolute Gasteiger partial charge is 0.295 e. The molecule has 8 nitrogen and oxygen atoms in total.